The highest BCUT2D eigenvalue weighted by Crippen LogP contribution is 2.24. The van der Waals surface area contributed by atoms with Crippen molar-refractivity contribution >= 4 is 33.9 Å². The summed E-state index contributed by atoms with van der Waals surface area (Å²) in [6.45, 7) is 3.75. The number of aromatic nitrogens is 5. The number of hydrogen-bond donors (Lipinski definition) is 2. The number of carbonyl (C=O) groups excluding carboxylic acids is 2. The van der Waals surface area contributed by atoms with Gasteiger partial charge in [0.2, 0.25) is 0 Å². The lowest BCUT2D eigenvalue weighted by molar-refractivity contribution is 0.0845. The number of nitrogens with one attached hydrogen (secondary N) is 2. The van der Waals surface area contributed by atoms with E-state index in [0.717, 1.165) is 11.3 Å². The molecule has 0 radical (unpaired) electrons. The number of benzene rings is 1. The highest BCUT2D eigenvalue weighted by Gasteiger charge is 2.20. The van der Waals surface area contributed by atoms with E-state index in [1.165, 1.54) is 4.68 Å². The maximum atomic E-state index is 12.7. The second-order valence-electron chi connectivity index (χ2n) is 6.43. The van der Waals surface area contributed by atoms with E-state index in [9.17, 15) is 14.4 Å². The first-order valence-electron chi connectivity index (χ1n) is 9.35. The van der Waals surface area contributed by atoms with E-state index in [2.05, 4.69) is 30.9 Å². The molecule has 0 unspecified atom stereocenters. The van der Waals surface area contributed by atoms with Gasteiger partial charge in [0.15, 0.2) is 16.5 Å². The number of hydrogen-bond acceptors (Lipinski definition) is 8. The molecular weight excluding hydrogens is 418 g/mol. The summed E-state index contributed by atoms with van der Waals surface area (Å²) >= 11 is 1.12. The Kier molecular flexibility index (Phi) is 5.50. The van der Waals surface area contributed by atoms with E-state index in [1.807, 2.05) is 0 Å². The van der Waals surface area contributed by atoms with Crippen LogP contribution in [0.4, 0.5) is 0 Å². The Morgan fingerprint density at radius 2 is 1.71 bits per heavy atom. The average Bonchev–Trinajstić information content (AvgIpc) is 3.20. The summed E-state index contributed by atoms with van der Waals surface area (Å²) in [5.41, 5.74) is 5.00. The SMILES string of the molecule is CCn1nc(C(=O)NNC(=O)c2sc(-c3ncccn3)nc2C)c2ccccc2c1=O. The molecule has 11 heteroatoms. The third kappa shape index (κ3) is 3.90. The summed E-state index contributed by atoms with van der Waals surface area (Å²) in [5, 5.41) is 5.42. The average molecular weight is 435 g/mol. The maximum Gasteiger partial charge on any atom is 0.290 e. The summed E-state index contributed by atoms with van der Waals surface area (Å²) in [5.74, 6) is -0.754. The first-order chi connectivity index (χ1) is 15.0. The van der Waals surface area contributed by atoms with E-state index >= 15 is 0 Å². The number of rotatable bonds is 4. The summed E-state index contributed by atoms with van der Waals surface area (Å²) in [4.78, 5) is 50.7. The minimum absolute atomic E-state index is 0.0387. The molecule has 156 valence electrons. The van der Waals surface area contributed by atoms with Crippen LogP contribution in [0, 0.1) is 6.92 Å². The lowest BCUT2D eigenvalue weighted by Crippen LogP contribution is -2.42. The number of nitrogens with zero attached hydrogens (tertiary/aromatic N) is 5. The van der Waals surface area contributed by atoms with Gasteiger partial charge in [0.1, 0.15) is 4.88 Å². The molecule has 0 bridgehead atoms. The summed E-state index contributed by atoms with van der Waals surface area (Å²) in [6.07, 6.45) is 3.18. The molecule has 10 nitrogen and oxygen atoms in total. The van der Waals surface area contributed by atoms with Crippen molar-refractivity contribution in [2.75, 3.05) is 0 Å². The van der Waals surface area contributed by atoms with Crippen LogP contribution >= 0.6 is 11.3 Å². The third-order valence-corrected chi connectivity index (χ3v) is 5.58. The first-order valence-corrected chi connectivity index (χ1v) is 10.2. The first kappa shape index (κ1) is 20.3. The molecule has 3 heterocycles. The highest BCUT2D eigenvalue weighted by molar-refractivity contribution is 7.17. The van der Waals surface area contributed by atoms with Crippen molar-refractivity contribution in [3.63, 3.8) is 0 Å². The quantitative estimate of drug-likeness (QED) is 0.467. The Morgan fingerprint density at radius 1 is 1.03 bits per heavy atom. The Morgan fingerprint density at radius 3 is 2.42 bits per heavy atom. The van der Waals surface area contributed by atoms with Gasteiger partial charge in [-0.2, -0.15) is 5.10 Å². The van der Waals surface area contributed by atoms with Gasteiger partial charge in [-0.25, -0.2) is 19.6 Å². The molecule has 31 heavy (non-hydrogen) atoms. The molecule has 0 atom stereocenters. The van der Waals surface area contributed by atoms with Crippen LogP contribution in [-0.2, 0) is 6.54 Å². The van der Waals surface area contributed by atoms with Gasteiger partial charge in [-0.1, -0.05) is 18.2 Å². The van der Waals surface area contributed by atoms with Gasteiger partial charge < -0.3 is 0 Å². The summed E-state index contributed by atoms with van der Waals surface area (Å²) in [6, 6.07) is 8.39. The zero-order valence-electron chi connectivity index (χ0n) is 16.6. The molecule has 0 aliphatic carbocycles. The van der Waals surface area contributed by atoms with Gasteiger partial charge in [-0.05, 0) is 26.0 Å². The summed E-state index contributed by atoms with van der Waals surface area (Å²) in [7, 11) is 0. The van der Waals surface area contributed by atoms with Gasteiger partial charge in [-0.3, -0.25) is 25.2 Å². The zero-order valence-corrected chi connectivity index (χ0v) is 17.4. The van der Waals surface area contributed by atoms with Gasteiger partial charge in [0.05, 0.1) is 11.1 Å². The Bertz CT molecular complexity index is 1350. The zero-order chi connectivity index (χ0) is 22.0. The summed E-state index contributed by atoms with van der Waals surface area (Å²) < 4.78 is 1.21. The monoisotopic (exact) mass is 435 g/mol. The number of carbonyl (C=O) groups is 2. The standard InChI is InChI=1S/C20H17N7O3S/c1-3-27-20(30)13-8-5-4-7-12(13)14(26-27)17(28)24-25-18(29)15-11(2)23-19(31-15)16-21-9-6-10-22-16/h4-10H,3H2,1-2H3,(H,24,28)(H,25,29). The van der Waals surface area contributed by atoms with Gasteiger partial charge in [-0.15, -0.1) is 11.3 Å². The normalized spacial score (nSPS) is 10.8. The molecule has 4 aromatic rings. The Hall–Kier alpha value is -3.99. The fraction of sp³-hybridized carbons (Fsp3) is 0.150. The molecule has 1 aromatic carbocycles. The number of fused-ring (bicyclic) bond motifs is 1. The van der Waals surface area contributed by atoms with Crippen LogP contribution in [0.5, 0.6) is 0 Å². The van der Waals surface area contributed by atoms with E-state index in [-0.39, 0.29) is 11.3 Å². The fourth-order valence-electron chi connectivity index (χ4n) is 2.96. The van der Waals surface area contributed by atoms with Gasteiger partial charge in [0.25, 0.3) is 17.4 Å². The van der Waals surface area contributed by atoms with Crippen LogP contribution < -0.4 is 16.4 Å². The molecule has 3 aromatic heterocycles. The van der Waals surface area contributed by atoms with Crippen molar-refractivity contribution in [2.24, 2.45) is 0 Å². The van der Waals surface area contributed by atoms with Crippen molar-refractivity contribution in [1.29, 1.82) is 0 Å². The van der Waals surface area contributed by atoms with Crippen molar-refractivity contribution in [2.45, 2.75) is 20.4 Å². The molecule has 2 N–H and O–H groups in total. The molecule has 0 aliphatic heterocycles. The van der Waals surface area contributed by atoms with E-state index in [4.69, 9.17) is 0 Å². The van der Waals surface area contributed by atoms with Crippen LogP contribution in [0.2, 0.25) is 0 Å². The number of thiazole rings is 1. The van der Waals surface area contributed by atoms with Crippen LogP contribution in [0.25, 0.3) is 21.6 Å². The largest absolute Gasteiger partial charge is 0.290 e. The predicted octanol–water partition coefficient (Wildman–Crippen LogP) is 1.71. The topological polar surface area (TPSA) is 132 Å². The third-order valence-electron chi connectivity index (χ3n) is 4.43. The molecule has 0 fully saturated rings. The van der Waals surface area contributed by atoms with Crippen LogP contribution in [0.3, 0.4) is 0 Å². The van der Waals surface area contributed by atoms with Crippen molar-refractivity contribution in [3.05, 3.63) is 69.3 Å². The molecule has 0 spiro atoms. The molecule has 2 amide bonds. The number of amides is 2. The van der Waals surface area contributed by atoms with Crippen LogP contribution in [0.15, 0.2) is 47.5 Å². The van der Waals surface area contributed by atoms with Crippen molar-refractivity contribution in [3.8, 4) is 10.8 Å². The van der Waals surface area contributed by atoms with E-state index in [1.54, 1.807) is 56.6 Å². The van der Waals surface area contributed by atoms with Crippen LogP contribution in [-0.4, -0.2) is 36.5 Å². The maximum absolute atomic E-state index is 12.7. The Labute approximate surface area is 180 Å². The molecule has 0 saturated heterocycles. The predicted molar refractivity (Wildman–Crippen MR) is 114 cm³/mol. The highest BCUT2D eigenvalue weighted by atomic mass is 32.1. The van der Waals surface area contributed by atoms with Crippen LogP contribution in [0.1, 0.15) is 32.8 Å². The number of hydrazine groups is 1. The smallest absolute Gasteiger partial charge is 0.267 e. The second kappa shape index (κ2) is 8.40. The molecular formula is C20H17N7O3S. The van der Waals surface area contributed by atoms with Gasteiger partial charge in [0, 0.05) is 24.3 Å². The van der Waals surface area contributed by atoms with E-state index in [0.29, 0.717) is 38.7 Å². The minimum Gasteiger partial charge on any atom is -0.267 e. The fourth-order valence-corrected chi connectivity index (χ4v) is 3.87. The molecule has 4 rings (SSSR count). The van der Waals surface area contributed by atoms with Crippen molar-refractivity contribution < 1.29 is 9.59 Å². The molecule has 0 saturated carbocycles. The Balaban J connectivity index is 1.56. The number of aryl methyl sites for hydroxylation is 2. The lowest BCUT2D eigenvalue weighted by atomic mass is 10.1. The second-order valence-corrected chi connectivity index (χ2v) is 7.43. The minimum atomic E-state index is -0.638. The van der Waals surface area contributed by atoms with E-state index < -0.39 is 11.8 Å². The van der Waals surface area contributed by atoms with Crippen molar-refractivity contribution in [1.82, 2.24) is 35.6 Å². The lowest BCUT2D eigenvalue weighted by Gasteiger charge is -2.10. The molecule has 0 aliphatic rings. The van der Waals surface area contributed by atoms with Gasteiger partial charge >= 0.3 is 0 Å².